The van der Waals surface area contributed by atoms with E-state index in [0.717, 1.165) is 37.1 Å². The van der Waals surface area contributed by atoms with Gasteiger partial charge in [-0.2, -0.15) is 0 Å². The van der Waals surface area contributed by atoms with E-state index >= 15 is 0 Å². The Morgan fingerprint density at radius 1 is 1.00 bits per heavy atom. The minimum Gasteiger partial charge on any atom is -0.348 e. The molecule has 0 spiro atoms. The summed E-state index contributed by atoms with van der Waals surface area (Å²) >= 11 is 0. The number of nitrogens with one attached hydrogen (secondary N) is 1. The second-order valence-corrected chi connectivity index (χ2v) is 6.98. The van der Waals surface area contributed by atoms with Gasteiger partial charge in [0.1, 0.15) is 0 Å². The van der Waals surface area contributed by atoms with E-state index in [2.05, 4.69) is 10.2 Å². The van der Waals surface area contributed by atoms with Crippen molar-refractivity contribution in [3.05, 3.63) is 71.8 Å². The van der Waals surface area contributed by atoms with Crippen LogP contribution >= 0.6 is 0 Å². The number of benzene rings is 2. The smallest absolute Gasteiger partial charge is 0.234 e. The van der Waals surface area contributed by atoms with E-state index in [0.29, 0.717) is 6.54 Å². The van der Waals surface area contributed by atoms with Crippen molar-refractivity contribution in [3.63, 3.8) is 0 Å². The lowest BCUT2D eigenvalue weighted by Gasteiger charge is -2.31. The second kappa shape index (κ2) is 8.77. The van der Waals surface area contributed by atoms with Crippen LogP contribution in [0.3, 0.4) is 0 Å². The molecule has 1 amide bonds. The number of Topliss-reactive ketones (excluding diaryl/α,β-unsaturated/α-hetero) is 1. The molecule has 3 rings (SSSR count). The van der Waals surface area contributed by atoms with E-state index in [1.165, 1.54) is 0 Å². The lowest BCUT2D eigenvalue weighted by molar-refractivity contribution is -0.123. The quantitative estimate of drug-likeness (QED) is 0.812. The van der Waals surface area contributed by atoms with E-state index < -0.39 is 0 Å². The fourth-order valence-electron chi connectivity index (χ4n) is 3.51. The van der Waals surface area contributed by atoms with Crippen molar-refractivity contribution < 1.29 is 9.59 Å². The second-order valence-electron chi connectivity index (χ2n) is 6.98. The molecule has 2 aromatic rings. The number of piperidine rings is 1. The number of amides is 1. The van der Waals surface area contributed by atoms with Crippen LogP contribution < -0.4 is 5.32 Å². The average molecular weight is 350 g/mol. The molecular weight excluding hydrogens is 324 g/mol. The lowest BCUT2D eigenvalue weighted by atomic mass is 9.89. The fraction of sp³-hybridized carbons (Fsp3) is 0.364. The van der Waals surface area contributed by atoms with Crippen molar-refractivity contribution in [1.82, 2.24) is 10.2 Å². The third-order valence-electron chi connectivity index (χ3n) is 5.06. The van der Waals surface area contributed by atoms with Crippen molar-refractivity contribution >= 4 is 11.7 Å². The van der Waals surface area contributed by atoms with Crippen LogP contribution in [0.15, 0.2) is 60.7 Å². The van der Waals surface area contributed by atoms with Gasteiger partial charge in [-0.1, -0.05) is 60.7 Å². The van der Waals surface area contributed by atoms with Crippen LogP contribution in [-0.4, -0.2) is 36.2 Å². The summed E-state index contributed by atoms with van der Waals surface area (Å²) in [6, 6.07) is 19.5. The number of carbonyl (C=O) groups is 2. The van der Waals surface area contributed by atoms with Gasteiger partial charge in [-0.3, -0.25) is 14.5 Å². The van der Waals surface area contributed by atoms with Crippen molar-refractivity contribution in [2.24, 2.45) is 5.92 Å². The molecule has 4 nitrogen and oxygen atoms in total. The lowest BCUT2D eigenvalue weighted by Crippen LogP contribution is -2.43. The normalized spacial score (nSPS) is 16.8. The average Bonchev–Trinajstić information content (AvgIpc) is 2.69. The van der Waals surface area contributed by atoms with Crippen molar-refractivity contribution in [2.45, 2.75) is 25.8 Å². The molecule has 2 aromatic carbocycles. The molecule has 1 aliphatic heterocycles. The maximum absolute atomic E-state index is 12.5. The number of ketones is 1. The summed E-state index contributed by atoms with van der Waals surface area (Å²) in [5.41, 5.74) is 1.90. The Hall–Kier alpha value is -2.46. The van der Waals surface area contributed by atoms with Gasteiger partial charge in [0.15, 0.2) is 5.78 Å². The largest absolute Gasteiger partial charge is 0.348 e. The summed E-state index contributed by atoms with van der Waals surface area (Å²) in [7, 11) is 0. The molecular formula is C22H26N2O2. The molecule has 0 radical (unpaired) electrons. The molecule has 1 saturated heterocycles. The van der Waals surface area contributed by atoms with Gasteiger partial charge in [0.05, 0.1) is 12.6 Å². The van der Waals surface area contributed by atoms with Crippen LogP contribution in [0, 0.1) is 5.92 Å². The van der Waals surface area contributed by atoms with Gasteiger partial charge in [0.2, 0.25) is 5.91 Å². The molecule has 1 aliphatic rings. The predicted molar refractivity (Wildman–Crippen MR) is 103 cm³/mol. The van der Waals surface area contributed by atoms with E-state index in [1.54, 1.807) is 0 Å². The topological polar surface area (TPSA) is 49.4 Å². The van der Waals surface area contributed by atoms with Gasteiger partial charge < -0.3 is 5.32 Å². The van der Waals surface area contributed by atoms with Crippen LogP contribution in [0.25, 0.3) is 0 Å². The van der Waals surface area contributed by atoms with Crippen LogP contribution in [0.5, 0.6) is 0 Å². The first-order chi connectivity index (χ1) is 12.6. The van der Waals surface area contributed by atoms with E-state index in [4.69, 9.17) is 0 Å². The van der Waals surface area contributed by atoms with Gasteiger partial charge in [0.25, 0.3) is 0 Å². The Kier molecular flexibility index (Phi) is 6.18. The third kappa shape index (κ3) is 4.79. The highest BCUT2D eigenvalue weighted by Crippen LogP contribution is 2.21. The standard InChI is InChI=1S/C22H26N2O2/c1-17(18-8-4-2-5-9-18)23-21(25)16-24-14-12-20(13-15-24)22(26)19-10-6-3-7-11-19/h2-11,17,20H,12-16H2,1H3,(H,23,25). The first kappa shape index (κ1) is 18.3. The summed E-state index contributed by atoms with van der Waals surface area (Å²) in [6.07, 6.45) is 1.63. The highest BCUT2D eigenvalue weighted by atomic mass is 16.2. The summed E-state index contributed by atoms with van der Waals surface area (Å²) in [5.74, 6) is 0.335. The van der Waals surface area contributed by atoms with Gasteiger partial charge >= 0.3 is 0 Å². The van der Waals surface area contributed by atoms with Crippen molar-refractivity contribution in [3.8, 4) is 0 Å². The molecule has 26 heavy (non-hydrogen) atoms. The predicted octanol–water partition coefficient (Wildman–Crippen LogP) is 3.46. The maximum atomic E-state index is 12.5. The number of carbonyl (C=O) groups excluding carboxylic acids is 2. The number of likely N-dealkylation sites (tertiary alicyclic amines) is 1. The van der Waals surface area contributed by atoms with Crippen LogP contribution in [0.1, 0.15) is 41.7 Å². The molecule has 0 saturated carbocycles. The zero-order valence-corrected chi connectivity index (χ0v) is 15.2. The molecule has 136 valence electrons. The Bertz CT molecular complexity index is 722. The van der Waals surface area contributed by atoms with Crippen LogP contribution in [-0.2, 0) is 4.79 Å². The van der Waals surface area contributed by atoms with E-state index in [9.17, 15) is 9.59 Å². The fourth-order valence-corrected chi connectivity index (χ4v) is 3.51. The molecule has 0 bridgehead atoms. The minimum atomic E-state index is 0.000831. The number of rotatable bonds is 6. The number of hydrogen-bond donors (Lipinski definition) is 1. The van der Waals surface area contributed by atoms with Gasteiger partial charge in [-0.05, 0) is 38.4 Å². The first-order valence-corrected chi connectivity index (χ1v) is 9.29. The molecule has 1 fully saturated rings. The molecule has 0 aliphatic carbocycles. The van der Waals surface area contributed by atoms with E-state index in [-0.39, 0.29) is 23.7 Å². The first-order valence-electron chi connectivity index (χ1n) is 9.29. The molecule has 1 atom stereocenters. The van der Waals surface area contributed by atoms with Crippen molar-refractivity contribution in [2.75, 3.05) is 19.6 Å². The summed E-state index contributed by atoms with van der Waals surface area (Å²) in [4.78, 5) is 27.0. The zero-order chi connectivity index (χ0) is 18.4. The monoisotopic (exact) mass is 350 g/mol. The summed E-state index contributed by atoms with van der Waals surface area (Å²) in [6.45, 7) is 3.97. The highest BCUT2D eigenvalue weighted by molar-refractivity contribution is 5.97. The van der Waals surface area contributed by atoms with Gasteiger partial charge in [-0.15, -0.1) is 0 Å². The maximum Gasteiger partial charge on any atom is 0.234 e. The highest BCUT2D eigenvalue weighted by Gasteiger charge is 2.26. The van der Waals surface area contributed by atoms with Gasteiger partial charge in [-0.25, -0.2) is 0 Å². The molecule has 1 unspecified atom stereocenters. The van der Waals surface area contributed by atoms with Crippen LogP contribution in [0.4, 0.5) is 0 Å². The SMILES string of the molecule is CC(NC(=O)CN1CCC(C(=O)c2ccccc2)CC1)c1ccccc1. The Balaban J connectivity index is 1.45. The molecule has 1 N–H and O–H groups in total. The number of hydrogen-bond acceptors (Lipinski definition) is 3. The Labute approximate surface area is 155 Å². The Morgan fingerprint density at radius 3 is 2.19 bits per heavy atom. The summed E-state index contributed by atoms with van der Waals surface area (Å²) < 4.78 is 0. The third-order valence-corrected chi connectivity index (χ3v) is 5.06. The summed E-state index contributed by atoms with van der Waals surface area (Å²) in [5, 5.41) is 3.06. The van der Waals surface area contributed by atoms with Crippen molar-refractivity contribution in [1.29, 1.82) is 0 Å². The molecule has 1 heterocycles. The number of nitrogens with zero attached hydrogens (tertiary/aromatic N) is 1. The molecule has 0 aromatic heterocycles. The van der Waals surface area contributed by atoms with Crippen LogP contribution in [0.2, 0.25) is 0 Å². The minimum absolute atomic E-state index is 0.000831. The molecule has 4 heteroatoms. The Morgan fingerprint density at radius 2 is 1.58 bits per heavy atom. The zero-order valence-electron chi connectivity index (χ0n) is 15.2. The van der Waals surface area contributed by atoms with E-state index in [1.807, 2.05) is 67.6 Å². The van der Waals surface area contributed by atoms with Gasteiger partial charge in [0, 0.05) is 11.5 Å².